The normalized spacial score (nSPS) is 15.8. The molecule has 2 aromatic heterocycles. The molecule has 5 nitrogen and oxygen atoms in total. The van der Waals surface area contributed by atoms with Gasteiger partial charge in [-0.2, -0.15) is 5.10 Å². The van der Waals surface area contributed by atoms with Gasteiger partial charge >= 0.3 is 0 Å². The Balaban J connectivity index is 1.62. The molecule has 0 bridgehead atoms. The number of nitrogens with one attached hydrogen (secondary N) is 1. The lowest BCUT2D eigenvalue weighted by atomic mass is 9.96. The molecule has 158 valence electrons. The van der Waals surface area contributed by atoms with E-state index in [0.717, 1.165) is 51.1 Å². The standard InChI is InChI=1S/C25H26N4OS/c1-30-24-14-8-6-12-21(24)23-17-31-25(28-19-9-3-2-4-10-19)29(23)27-16-18-15-26-22-13-7-5-11-20(18)22/h5-8,11-17,19,26H,2-4,9-10H2,1H3. The number of para-hydroxylation sites is 2. The lowest BCUT2D eigenvalue weighted by Crippen LogP contribution is -2.19. The number of rotatable bonds is 5. The highest BCUT2D eigenvalue weighted by molar-refractivity contribution is 7.07. The third kappa shape index (κ3) is 4.08. The molecule has 1 aliphatic rings. The minimum Gasteiger partial charge on any atom is -0.496 e. The lowest BCUT2D eigenvalue weighted by molar-refractivity contribution is 0.416. The van der Waals surface area contributed by atoms with E-state index in [0.29, 0.717) is 6.04 Å². The molecule has 4 aromatic rings. The van der Waals surface area contributed by atoms with Gasteiger partial charge in [-0.15, -0.1) is 11.3 Å². The molecule has 1 fully saturated rings. The van der Waals surface area contributed by atoms with Gasteiger partial charge in [0.05, 0.1) is 25.1 Å². The van der Waals surface area contributed by atoms with Crippen LogP contribution in [0.3, 0.4) is 0 Å². The third-order valence-electron chi connectivity index (χ3n) is 5.87. The molecule has 1 aliphatic carbocycles. The molecule has 1 saturated carbocycles. The van der Waals surface area contributed by atoms with Gasteiger partial charge in [0.25, 0.3) is 0 Å². The van der Waals surface area contributed by atoms with Gasteiger partial charge in [0.1, 0.15) is 5.75 Å². The number of aromatic amines is 1. The smallest absolute Gasteiger partial charge is 0.206 e. The van der Waals surface area contributed by atoms with E-state index in [1.54, 1.807) is 18.4 Å². The predicted molar refractivity (Wildman–Crippen MR) is 128 cm³/mol. The maximum absolute atomic E-state index is 5.63. The van der Waals surface area contributed by atoms with Crippen molar-refractivity contribution in [1.82, 2.24) is 9.66 Å². The highest BCUT2D eigenvalue weighted by Gasteiger charge is 2.15. The van der Waals surface area contributed by atoms with Gasteiger partial charge in [-0.1, -0.05) is 49.6 Å². The van der Waals surface area contributed by atoms with Gasteiger partial charge in [0.15, 0.2) is 0 Å². The number of aromatic nitrogens is 2. The van der Waals surface area contributed by atoms with E-state index < -0.39 is 0 Å². The van der Waals surface area contributed by atoms with Gasteiger partial charge in [-0.05, 0) is 31.0 Å². The number of hydrogen-bond donors (Lipinski definition) is 1. The molecule has 0 aliphatic heterocycles. The summed E-state index contributed by atoms with van der Waals surface area (Å²) in [5.41, 5.74) is 4.18. The molecule has 0 saturated heterocycles. The molecular formula is C25H26N4OS. The molecule has 5 rings (SSSR count). The fraction of sp³-hybridized carbons (Fsp3) is 0.280. The van der Waals surface area contributed by atoms with Crippen molar-refractivity contribution < 1.29 is 4.74 Å². The summed E-state index contributed by atoms with van der Waals surface area (Å²) in [6.07, 6.45) is 10.1. The number of methoxy groups -OCH3 is 1. The summed E-state index contributed by atoms with van der Waals surface area (Å²) in [7, 11) is 1.71. The first kappa shape index (κ1) is 19.8. The first-order chi connectivity index (χ1) is 15.3. The van der Waals surface area contributed by atoms with Gasteiger partial charge in [-0.25, -0.2) is 4.68 Å². The van der Waals surface area contributed by atoms with Crippen molar-refractivity contribution in [2.75, 3.05) is 7.11 Å². The van der Waals surface area contributed by atoms with E-state index >= 15 is 0 Å². The molecule has 0 unspecified atom stereocenters. The number of benzene rings is 2. The summed E-state index contributed by atoms with van der Waals surface area (Å²) in [4.78, 5) is 9.36. The average molecular weight is 431 g/mol. The second-order valence-corrected chi connectivity index (χ2v) is 8.71. The van der Waals surface area contributed by atoms with Crippen LogP contribution < -0.4 is 9.54 Å². The molecule has 0 amide bonds. The van der Waals surface area contributed by atoms with Crippen LogP contribution in [0.5, 0.6) is 5.75 Å². The number of thiazole rings is 1. The number of nitrogens with zero attached hydrogens (tertiary/aromatic N) is 3. The van der Waals surface area contributed by atoms with Crippen molar-refractivity contribution in [3.8, 4) is 17.0 Å². The van der Waals surface area contributed by atoms with Gasteiger partial charge < -0.3 is 9.72 Å². The first-order valence-corrected chi connectivity index (χ1v) is 11.7. The van der Waals surface area contributed by atoms with Crippen LogP contribution in [0.2, 0.25) is 0 Å². The highest BCUT2D eigenvalue weighted by atomic mass is 32.1. The molecule has 0 spiro atoms. The van der Waals surface area contributed by atoms with Crippen molar-refractivity contribution in [2.45, 2.75) is 38.1 Å². The number of H-pyrrole nitrogens is 1. The molecule has 0 radical (unpaired) electrons. The predicted octanol–water partition coefficient (Wildman–Crippen LogP) is 5.82. The Morgan fingerprint density at radius 2 is 1.87 bits per heavy atom. The Labute approximate surface area is 185 Å². The molecule has 0 atom stereocenters. The van der Waals surface area contributed by atoms with Crippen molar-refractivity contribution in [3.63, 3.8) is 0 Å². The average Bonchev–Trinajstić information content (AvgIpc) is 3.42. The second-order valence-electron chi connectivity index (χ2n) is 7.87. The van der Waals surface area contributed by atoms with Crippen molar-refractivity contribution in [3.05, 3.63) is 70.5 Å². The van der Waals surface area contributed by atoms with E-state index in [9.17, 15) is 0 Å². The first-order valence-electron chi connectivity index (χ1n) is 10.8. The van der Waals surface area contributed by atoms with Crippen LogP contribution in [0, 0.1) is 0 Å². The Morgan fingerprint density at radius 1 is 1.06 bits per heavy atom. The summed E-state index contributed by atoms with van der Waals surface area (Å²) in [6, 6.07) is 16.7. The molecule has 2 aromatic carbocycles. The summed E-state index contributed by atoms with van der Waals surface area (Å²) >= 11 is 1.64. The van der Waals surface area contributed by atoms with Gasteiger partial charge in [-0.3, -0.25) is 4.99 Å². The maximum Gasteiger partial charge on any atom is 0.206 e. The molecule has 2 heterocycles. The van der Waals surface area contributed by atoms with E-state index in [1.165, 1.54) is 19.3 Å². The van der Waals surface area contributed by atoms with Gasteiger partial charge in [0.2, 0.25) is 4.80 Å². The monoisotopic (exact) mass is 430 g/mol. The minimum absolute atomic E-state index is 0.382. The highest BCUT2D eigenvalue weighted by Crippen LogP contribution is 2.30. The summed E-state index contributed by atoms with van der Waals surface area (Å²) in [5, 5.41) is 8.20. The van der Waals surface area contributed by atoms with Crippen LogP contribution in [0.4, 0.5) is 0 Å². The van der Waals surface area contributed by atoms with E-state index in [1.807, 2.05) is 41.4 Å². The summed E-state index contributed by atoms with van der Waals surface area (Å²) in [5.74, 6) is 0.834. The largest absolute Gasteiger partial charge is 0.496 e. The Morgan fingerprint density at radius 3 is 2.74 bits per heavy atom. The SMILES string of the molecule is COc1ccccc1-c1csc(=NC2CCCCC2)n1N=Cc1c[nH]c2ccccc12. The molecular weight excluding hydrogens is 404 g/mol. The Hall–Kier alpha value is -3.12. The minimum atomic E-state index is 0.382. The summed E-state index contributed by atoms with van der Waals surface area (Å²) in [6.45, 7) is 0. The van der Waals surface area contributed by atoms with Crippen LogP contribution >= 0.6 is 11.3 Å². The fourth-order valence-electron chi connectivity index (χ4n) is 4.23. The van der Waals surface area contributed by atoms with Crippen LogP contribution in [-0.2, 0) is 0 Å². The third-order valence-corrected chi connectivity index (χ3v) is 6.70. The Kier molecular flexibility index (Phi) is 5.71. The molecule has 6 heteroatoms. The van der Waals surface area contributed by atoms with Crippen molar-refractivity contribution in [2.24, 2.45) is 10.1 Å². The topological polar surface area (TPSA) is 54.7 Å². The zero-order valence-electron chi connectivity index (χ0n) is 17.6. The van der Waals surface area contributed by atoms with Crippen LogP contribution in [0.1, 0.15) is 37.7 Å². The van der Waals surface area contributed by atoms with Crippen LogP contribution in [0.25, 0.3) is 22.2 Å². The fourth-order valence-corrected chi connectivity index (χ4v) is 5.13. The molecule has 1 N–H and O–H groups in total. The van der Waals surface area contributed by atoms with Crippen molar-refractivity contribution in [1.29, 1.82) is 0 Å². The number of fused-ring (bicyclic) bond motifs is 1. The van der Waals surface area contributed by atoms with Gasteiger partial charge in [0, 0.05) is 33.6 Å². The summed E-state index contributed by atoms with van der Waals surface area (Å²) < 4.78 is 7.60. The Bertz CT molecular complexity index is 1270. The second kappa shape index (κ2) is 8.94. The molecule has 31 heavy (non-hydrogen) atoms. The maximum atomic E-state index is 5.63. The lowest BCUT2D eigenvalue weighted by Gasteiger charge is -2.17. The van der Waals surface area contributed by atoms with Crippen molar-refractivity contribution >= 4 is 28.5 Å². The van der Waals surface area contributed by atoms with E-state index in [2.05, 4.69) is 34.6 Å². The van der Waals surface area contributed by atoms with E-state index in [4.69, 9.17) is 14.8 Å². The number of hydrogen-bond acceptors (Lipinski definition) is 4. The van der Waals surface area contributed by atoms with Crippen LogP contribution in [-0.4, -0.2) is 29.0 Å². The van der Waals surface area contributed by atoms with E-state index in [-0.39, 0.29) is 0 Å². The van der Waals surface area contributed by atoms with Crippen LogP contribution in [0.15, 0.2) is 70.2 Å². The quantitative estimate of drug-likeness (QED) is 0.398. The number of ether oxygens (including phenoxy) is 1. The zero-order valence-corrected chi connectivity index (χ0v) is 18.4. The zero-order chi connectivity index (χ0) is 21.0.